The van der Waals surface area contributed by atoms with Crippen molar-refractivity contribution in [1.29, 1.82) is 0 Å². The number of carbonyl (C=O) groups excluding carboxylic acids is 3. The molecule has 0 radical (unpaired) electrons. The van der Waals surface area contributed by atoms with Crippen LogP contribution in [0.1, 0.15) is 20.3 Å². The third-order valence-corrected chi connectivity index (χ3v) is 4.29. The molecule has 2 aliphatic rings. The van der Waals surface area contributed by atoms with Gasteiger partial charge in [-0.1, -0.05) is 0 Å². The van der Waals surface area contributed by atoms with Gasteiger partial charge in [0.15, 0.2) is 0 Å². The molecule has 0 aromatic carbocycles. The van der Waals surface area contributed by atoms with Gasteiger partial charge in [0.2, 0.25) is 0 Å². The van der Waals surface area contributed by atoms with Crippen molar-refractivity contribution in [3.8, 4) is 0 Å². The fraction of sp³-hybridized carbons (Fsp3) is 0.812. The Hall–Kier alpha value is -1.87. The standard InChI is InChI=1S/C16H27N3O6/c1-3-23-14(20)11-13(15(21)24-4-2)18-7-5-17(6-8-18)12-19-9-10-25-16(19)22/h13H,3-12H2,1-2H3. The zero-order valence-electron chi connectivity index (χ0n) is 14.9. The first-order valence-corrected chi connectivity index (χ1v) is 8.75. The molecule has 9 nitrogen and oxygen atoms in total. The monoisotopic (exact) mass is 357 g/mol. The van der Waals surface area contributed by atoms with Crippen molar-refractivity contribution in [3.63, 3.8) is 0 Å². The van der Waals surface area contributed by atoms with Crippen molar-refractivity contribution in [1.82, 2.24) is 14.7 Å². The highest BCUT2D eigenvalue weighted by Gasteiger charge is 2.33. The molecule has 0 saturated carbocycles. The van der Waals surface area contributed by atoms with Crippen LogP contribution in [0.2, 0.25) is 0 Å². The van der Waals surface area contributed by atoms with Gasteiger partial charge >= 0.3 is 18.0 Å². The van der Waals surface area contributed by atoms with Crippen LogP contribution in [0.4, 0.5) is 4.79 Å². The maximum atomic E-state index is 12.2. The molecular weight excluding hydrogens is 330 g/mol. The average Bonchev–Trinajstić information content (AvgIpc) is 2.99. The smallest absolute Gasteiger partial charge is 0.410 e. The summed E-state index contributed by atoms with van der Waals surface area (Å²) in [6, 6.07) is -0.627. The van der Waals surface area contributed by atoms with Gasteiger partial charge in [-0.25, -0.2) is 4.79 Å². The third-order valence-electron chi connectivity index (χ3n) is 4.29. The molecule has 2 fully saturated rings. The number of hydrogen-bond acceptors (Lipinski definition) is 8. The van der Waals surface area contributed by atoms with Crippen LogP contribution in [0.25, 0.3) is 0 Å². The second-order valence-corrected chi connectivity index (χ2v) is 5.95. The largest absolute Gasteiger partial charge is 0.466 e. The van der Waals surface area contributed by atoms with E-state index in [2.05, 4.69) is 4.90 Å². The number of piperazine rings is 1. The maximum Gasteiger partial charge on any atom is 0.410 e. The molecule has 0 spiro atoms. The van der Waals surface area contributed by atoms with Gasteiger partial charge in [-0.2, -0.15) is 0 Å². The van der Waals surface area contributed by atoms with E-state index < -0.39 is 18.0 Å². The summed E-state index contributed by atoms with van der Waals surface area (Å²) in [7, 11) is 0. The Bertz CT molecular complexity index is 478. The summed E-state index contributed by atoms with van der Waals surface area (Å²) >= 11 is 0. The predicted octanol–water partition coefficient (Wildman–Crippen LogP) is -0.101. The van der Waals surface area contributed by atoms with Crippen LogP contribution in [0.15, 0.2) is 0 Å². The summed E-state index contributed by atoms with van der Waals surface area (Å²) in [6.07, 6.45) is -0.292. The van der Waals surface area contributed by atoms with Gasteiger partial charge in [0.1, 0.15) is 12.6 Å². The second-order valence-electron chi connectivity index (χ2n) is 5.95. The topological polar surface area (TPSA) is 88.6 Å². The van der Waals surface area contributed by atoms with E-state index in [-0.39, 0.29) is 25.7 Å². The Kier molecular flexibility index (Phi) is 7.45. The highest BCUT2D eigenvalue weighted by molar-refractivity contribution is 5.82. The normalized spacial score (nSPS) is 20.2. The first kappa shape index (κ1) is 19.5. The molecule has 9 heteroatoms. The van der Waals surface area contributed by atoms with Crippen molar-refractivity contribution >= 4 is 18.0 Å². The number of nitrogens with zero attached hydrogens (tertiary/aromatic N) is 3. The molecular formula is C16H27N3O6. The molecule has 1 unspecified atom stereocenters. The maximum absolute atomic E-state index is 12.2. The second kappa shape index (κ2) is 9.57. The Morgan fingerprint density at radius 2 is 1.76 bits per heavy atom. The quantitative estimate of drug-likeness (QED) is 0.439. The predicted molar refractivity (Wildman–Crippen MR) is 87.7 cm³/mol. The average molecular weight is 357 g/mol. The van der Waals surface area contributed by atoms with Crippen molar-refractivity contribution in [2.75, 3.05) is 59.2 Å². The van der Waals surface area contributed by atoms with Gasteiger partial charge in [-0.3, -0.25) is 24.3 Å². The van der Waals surface area contributed by atoms with Gasteiger partial charge < -0.3 is 14.2 Å². The fourth-order valence-electron chi connectivity index (χ4n) is 2.99. The van der Waals surface area contributed by atoms with E-state index in [1.165, 1.54) is 0 Å². The van der Waals surface area contributed by atoms with Crippen LogP contribution in [0.5, 0.6) is 0 Å². The van der Waals surface area contributed by atoms with E-state index in [1.807, 2.05) is 4.90 Å². The highest BCUT2D eigenvalue weighted by atomic mass is 16.6. The minimum absolute atomic E-state index is 0.00881. The molecule has 2 rings (SSSR count). The number of rotatable bonds is 8. The molecule has 0 aliphatic carbocycles. The van der Waals surface area contributed by atoms with Gasteiger partial charge in [0.25, 0.3) is 0 Å². The minimum atomic E-state index is -0.627. The summed E-state index contributed by atoms with van der Waals surface area (Å²) in [5.41, 5.74) is 0. The Morgan fingerprint density at radius 3 is 2.32 bits per heavy atom. The van der Waals surface area contributed by atoms with E-state index in [1.54, 1.807) is 18.7 Å². The van der Waals surface area contributed by atoms with Crippen molar-refractivity contribution in [3.05, 3.63) is 0 Å². The molecule has 2 heterocycles. The van der Waals surface area contributed by atoms with E-state index in [0.29, 0.717) is 46.0 Å². The molecule has 0 bridgehead atoms. The van der Waals surface area contributed by atoms with Crippen LogP contribution in [0, 0.1) is 0 Å². The first-order valence-electron chi connectivity index (χ1n) is 8.75. The lowest BCUT2D eigenvalue weighted by Gasteiger charge is -2.38. The number of esters is 2. The zero-order chi connectivity index (χ0) is 18.2. The Labute approximate surface area is 147 Å². The number of hydrogen-bond donors (Lipinski definition) is 0. The molecule has 0 N–H and O–H groups in total. The van der Waals surface area contributed by atoms with E-state index >= 15 is 0 Å². The van der Waals surface area contributed by atoms with Gasteiger partial charge in [0.05, 0.1) is 32.8 Å². The van der Waals surface area contributed by atoms with Crippen molar-refractivity contribution in [2.45, 2.75) is 26.3 Å². The number of amides is 1. The van der Waals surface area contributed by atoms with E-state index in [0.717, 1.165) is 0 Å². The summed E-state index contributed by atoms with van der Waals surface area (Å²) in [5, 5.41) is 0. The molecule has 25 heavy (non-hydrogen) atoms. The molecule has 0 aromatic rings. The van der Waals surface area contributed by atoms with E-state index in [9.17, 15) is 14.4 Å². The van der Waals surface area contributed by atoms with Gasteiger partial charge in [-0.15, -0.1) is 0 Å². The van der Waals surface area contributed by atoms with Crippen LogP contribution in [-0.2, 0) is 23.8 Å². The van der Waals surface area contributed by atoms with Gasteiger partial charge in [0, 0.05) is 26.2 Å². The molecule has 2 saturated heterocycles. The minimum Gasteiger partial charge on any atom is -0.466 e. The molecule has 142 valence electrons. The lowest BCUT2D eigenvalue weighted by Crippen LogP contribution is -2.55. The number of carbonyl (C=O) groups is 3. The van der Waals surface area contributed by atoms with Crippen molar-refractivity contribution < 1.29 is 28.6 Å². The molecule has 2 aliphatic heterocycles. The Morgan fingerprint density at radius 1 is 1.08 bits per heavy atom. The van der Waals surface area contributed by atoms with Crippen LogP contribution in [0.3, 0.4) is 0 Å². The zero-order valence-corrected chi connectivity index (χ0v) is 14.9. The summed E-state index contributed by atoms with van der Waals surface area (Å²) in [5.74, 6) is -0.796. The van der Waals surface area contributed by atoms with Crippen molar-refractivity contribution in [2.24, 2.45) is 0 Å². The van der Waals surface area contributed by atoms with E-state index in [4.69, 9.17) is 14.2 Å². The fourth-order valence-corrected chi connectivity index (χ4v) is 2.99. The SMILES string of the molecule is CCOC(=O)CC(C(=O)OCC)N1CCN(CN2CCOC2=O)CC1. The first-order chi connectivity index (χ1) is 12.0. The summed E-state index contributed by atoms with van der Waals surface area (Å²) < 4.78 is 15.0. The molecule has 1 atom stereocenters. The van der Waals surface area contributed by atoms with Crippen LogP contribution < -0.4 is 0 Å². The lowest BCUT2D eigenvalue weighted by molar-refractivity contribution is -0.157. The Balaban J connectivity index is 1.87. The summed E-state index contributed by atoms with van der Waals surface area (Å²) in [4.78, 5) is 41.3. The van der Waals surface area contributed by atoms with Crippen LogP contribution >= 0.6 is 0 Å². The highest BCUT2D eigenvalue weighted by Crippen LogP contribution is 2.14. The third kappa shape index (κ3) is 5.57. The van der Waals surface area contributed by atoms with Gasteiger partial charge in [-0.05, 0) is 13.8 Å². The number of ether oxygens (including phenoxy) is 3. The molecule has 0 aromatic heterocycles. The number of cyclic esters (lactones) is 1. The molecule has 1 amide bonds. The van der Waals surface area contributed by atoms with Crippen LogP contribution in [-0.4, -0.2) is 98.0 Å². The summed E-state index contributed by atoms with van der Waals surface area (Å²) in [6.45, 7) is 8.23. The lowest BCUT2D eigenvalue weighted by atomic mass is 10.1.